The summed E-state index contributed by atoms with van der Waals surface area (Å²) in [5, 5.41) is 11.2. The number of carbonyl (C=O) groups excluding carboxylic acids is 2. The first-order chi connectivity index (χ1) is 11.9. The number of carbonyl (C=O) groups is 2. The van der Waals surface area contributed by atoms with Gasteiger partial charge in [-0.15, -0.1) is 0 Å². The van der Waals surface area contributed by atoms with E-state index in [-0.39, 0.29) is 49.9 Å². The van der Waals surface area contributed by atoms with Crippen molar-refractivity contribution in [1.82, 2.24) is 4.90 Å². The van der Waals surface area contributed by atoms with Crippen LogP contribution in [0.1, 0.15) is 24.2 Å². The molecule has 0 aliphatic heterocycles. The predicted molar refractivity (Wildman–Crippen MR) is 88.7 cm³/mol. The van der Waals surface area contributed by atoms with E-state index in [2.05, 4.69) is 0 Å². The summed E-state index contributed by atoms with van der Waals surface area (Å²) in [6.07, 6.45) is 0. The van der Waals surface area contributed by atoms with E-state index in [0.717, 1.165) is 6.07 Å². The molecule has 9 nitrogen and oxygen atoms in total. The second-order valence-corrected chi connectivity index (χ2v) is 4.90. The molecule has 0 spiro atoms. The molecule has 0 atom stereocenters. The highest BCUT2D eigenvalue weighted by molar-refractivity contribution is 5.96. The predicted octanol–water partition coefficient (Wildman–Crippen LogP) is 1.65. The van der Waals surface area contributed by atoms with Crippen molar-refractivity contribution >= 4 is 17.6 Å². The number of ether oxygens (including phenoxy) is 3. The minimum Gasteiger partial charge on any atom is -0.487 e. The van der Waals surface area contributed by atoms with Crippen molar-refractivity contribution in [2.75, 3.05) is 40.0 Å². The quantitative estimate of drug-likeness (QED) is 0.357. The van der Waals surface area contributed by atoms with Gasteiger partial charge in [-0.1, -0.05) is 0 Å². The number of benzene rings is 1. The van der Waals surface area contributed by atoms with E-state index < -0.39 is 16.8 Å². The van der Waals surface area contributed by atoms with Gasteiger partial charge in [-0.3, -0.25) is 19.7 Å². The van der Waals surface area contributed by atoms with Crippen LogP contribution in [-0.2, 0) is 14.3 Å². The van der Waals surface area contributed by atoms with Crippen LogP contribution in [0.25, 0.3) is 0 Å². The van der Waals surface area contributed by atoms with Crippen molar-refractivity contribution in [2.45, 2.75) is 13.8 Å². The molecular weight excluding hydrogens is 332 g/mol. The lowest BCUT2D eigenvalue weighted by Gasteiger charge is -2.21. The van der Waals surface area contributed by atoms with Crippen molar-refractivity contribution in [3.8, 4) is 5.75 Å². The van der Waals surface area contributed by atoms with Crippen LogP contribution in [0.4, 0.5) is 5.69 Å². The van der Waals surface area contributed by atoms with Gasteiger partial charge >= 0.3 is 11.7 Å². The van der Waals surface area contributed by atoms with Gasteiger partial charge in [0, 0.05) is 25.3 Å². The van der Waals surface area contributed by atoms with Crippen molar-refractivity contribution in [3.63, 3.8) is 0 Å². The van der Waals surface area contributed by atoms with Gasteiger partial charge in [0.25, 0.3) is 5.91 Å². The van der Waals surface area contributed by atoms with Crippen LogP contribution in [0, 0.1) is 10.1 Å². The minimum atomic E-state index is -0.618. The average Bonchev–Trinajstić information content (AvgIpc) is 2.58. The number of rotatable bonds is 10. The van der Waals surface area contributed by atoms with Crippen molar-refractivity contribution in [2.24, 2.45) is 0 Å². The van der Waals surface area contributed by atoms with Crippen LogP contribution in [-0.4, -0.2) is 61.7 Å². The Morgan fingerprint density at radius 1 is 1.24 bits per heavy atom. The van der Waals surface area contributed by atoms with E-state index in [9.17, 15) is 19.7 Å². The van der Waals surface area contributed by atoms with E-state index in [1.54, 1.807) is 13.8 Å². The smallest absolute Gasteiger partial charge is 0.325 e. The van der Waals surface area contributed by atoms with E-state index in [0.29, 0.717) is 0 Å². The molecule has 1 amide bonds. The molecule has 0 fully saturated rings. The molecule has 0 radical (unpaired) electrons. The van der Waals surface area contributed by atoms with E-state index in [1.807, 2.05) is 0 Å². The van der Waals surface area contributed by atoms with Crippen LogP contribution in [0.2, 0.25) is 0 Å². The van der Waals surface area contributed by atoms with Crippen LogP contribution in [0.15, 0.2) is 18.2 Å². The second-order valence-electron chi connectivity index (χ2n) is 4.90. The molecule has 0 aliphatic carbocycles. The van der Waals surface area contributed by atoms with Gasteiger partial charge in [-0.05, 0) is 26.0 Å². The third-order valence-corrected chi connectivity index (χ3v) is 3.18. The average molecular weight is 354 g/mol. The summed E-state index contributed by atoms with van der Waals surface area (Å²) in [6.45, 7) is 3.91. The highest BCUT2D eigenvalue weighted by Crippen LogP contribution is 2.28. The maximum Gasteiger partial charge on any atom is 0.325 e. The fraction of sp³-hybridized carbons (Fsp3) is 0.500. The maximum atomic E-state index is 12.6. The van der Waals surface area contributed by atoms with Gasteiger partial charge in [0.2, 0.25) is 0 Å². The van der Waals surface area contributed by atoms with Crippen molar-refractivity contribution in [3.05, 3.63) is 33.9 Å². The summed E-state index contributed by atoms with van der Waals surface area (Å²) in [5.41, 5.74) is -0.230. The largest absolute Gasteiger partial charge is 0.487 e. The second kappa shape index (κ2) is 10.2. The van der Waals surface area contributed by atoms with Gasteiger partial charge in [0.1, 0.15) is 6.54 Å². The topological polar surface area (TPSA) is 108 Å². The Bertz CT molecular complexity index is 619. The van der Waals surface area contributed by atoms with Crippen LogP contribution in [0.5, 0.6) is 5.75 Å². The first-order valence-corrected chi connectivity index (χ1v) is 7.79. The number of amides is 1. The number of esters is 1. The Balaban J connectivity index is 3.07. The number of methoxy groups -OCH3 is 1. The van der Waals surface area contributed by atoms with Gasteiger partial charge in [0.05, 0.1) is 24.7 Å². The third kappa shape index (κ3) is 6.03. The van der Waals surface area contributed by atoms with Crippen molar-refractivity contribution < 1.29 is 28.7 Å². The fourth-order valence-electron chi connectivity index (χ4n) is 2.07. The number of nitrogens with zero attached hydrogens (tertiary/aromatic N) is 2. The number of hydrogen-bond acceptors (Lipinski definition) is 7. The standard InChI is InChI=1S/C16H22N2O7/c1-4-24-14-7-6-12(10-13(14)18(21)22)16(20)17(8-9-23-3)11-15(19)25-5-2/h6-7,10H,4-5,8-9,11H2,1-3H3. The highest BCUT2D eigenvalue weighted by Gasteiger charge is 2.23. The Morgan fingerprint density at radius 2 is 1.96 bits per heavy atom. The zero-order chi connectivity index (χ0) is 18.8. The molecule has 1 aromatic carbocycles. The zero-order valence-corrected chi connectivity index (χ0v) is 14.5. The van der Waals surface area contributed by atoms with Gasteiger partial charge in [-0.25, -0.2) is 0 Å². The SMILES string of the molecule is CCOC(=O)CN(CCOC)C(=O)c1ccc(OCC)c([N+](=O)[O-])c1. The summed E-state index contributed by atoms with van der Waals surface area (Å²) in [4.78, 5) is 36.1. The number of hydrogen-bond donors (Lipinski definition) is 0. The molecule has 0 bridgehead atoms. The van der Waals surface area contributed by atoms with Crippen molar-refractivity contribution in [1.29, 1.82) is 0 Å². The molecule has 0 aromatic heterocycles. The van der Waals surface area contributed by atoms with Gasteiger partial charge in [0.15, 0.2) is 5.75 Å². The molecule has 0 saturated carbocycles. The van der Waals surface area contributed by atoms with E-state index in [1.165, 1.54) is 24.1 Å². The van der Waals surface area contributed by atoms with E-state index >= 15 is 0 Å². The molecule has 138 valence electrons. The summed E-state index contributed by atoms with van der Waals surface area (Å²) in [5.74, 6) is -1.01. The summed E-state index contributed by atoms with van der Waals surface area (Å²) in [7, 11) is 1.47. The lowest BCUT2D eigenvalue weighted by molar-refractivity contribution is -0.385. The Labute approximate surface area is 145 Å². The Kier molecular flexibility index (Phi) is 8.34. The molecule has 0 saturated heterocycles. The molecule has 25 heavy (non-hydrogen) atoms. The Morgan fingerprint density at radius 3 is 2.52 bits per heavy atom. The highest BCUT2D eigenvalue weighted by atomic mass is 16.6. The number of nitro benzene ring substituents is 1. The van der Waals surface area contributed by atoms with Gasteiger partial charge < -0.3 is 19.1 Å². The van der Waals surface area contributed by atoms with Crippen LogP contribution < -0.4 is 4.74 Å². The molecule has 0 aliphatic rings. The lowest BCUT2D eigenvalue weighted by atomic mass is 10.1. The van der Waals surface area contributed by atoms with Crippen LogP contribution >= 0.6 is 0 Å². The van der Waals surface area contributed by atoms with Crippen LogP contribution in [0.3, 0.4) is 0 Å². The number of nitro groups is 1. The van der Waals surface area contributed by atoms with Gasteiger partial charge in [-0.2, -0.15) is 0 Å². The molecule has 1 aromatic rings. The first kappa shape index (κ1) is 20.4. The fourth-order valence-corrected chi connectivity index (χ4v) is 2.07. The molecule has 0 N–H and O–H groups in total. The van der Waals surface area contributed by atoms with E-state index in [4.69, 9.17) is 14.2 Å². The summed E-state index contributed by atoms with van der Waals surface area (Å²) >= 11 is 0. The maximum absolute atomic E-state index is 12.6. The summed E-state index contributed by atoms with van der Waals surface area (Å²) < 4.78 is 15.0. The zero-order valence-electron chi connectivity index (χ0n) is 14.5. The third-order valence-electron chi connectivity index (χ3n) is 3.18. The molecule has 9 heteroatoms. The lowest BCUT2D eigenvalue weighted by Crippen LogP contribution is -2.38. The molecular formula is C16H22N2O7. The molecule has 1 rings (SSSR count). The Hall–Kier alpha value is -2.68. The normalized spacial score (nSPS) is 10.2. The summed E-state index contributed by atoms with van der Waals surface area (Å²) in [6, 6.07) is 3.93. The minimum absolute atomic E-state index is 0.0792. The molecule has 0 heterocycles. The molecule has 0 unspecified atom stereocenters. The monoisotopic (exact) mass is 354 g/mol. The first-order valence-electron chi connectivity index (χ1n) is 7.79.